The van der Waals surface area contributed by atoms with Crippen LogP contribution in [-0.2, 0) is 4.74 Å². The summed E-state index contributed by atoms with van der Waals surface area (Å²) in [5.41, 5.74) is 1.43. The predicted octanol–water partition coefficient (Wildman–Crippen LogP) is 5.76. The van der Waals surface area contributed by atoms with E-state index in [0.29, 0.717) is 18.5 Å². The number of benzene rings is 2. The average molecular weight is 434 g/mol. The van der Waals surface area contributed by atoms with Gasteiger partial charge in [0.05, 0.1) is 5.69 Å². The van der Waals surface area contributed by atoms with E-state index in [1.807, 2.05) is 39.0 Å². The molecule has 1 amide bonds. The van der Waals surface area contributed by atoms with E-state index in [-0.39, 0.29) is 12.2 Å². The average Bonchev–Trinajstić information content (AvgIpc) is 2.77. The third-order valence-electron chi connectivity index (χ3n) is 5.68. The summed E-state index contributed by atoms with van der Waals surface area (Å²) in [6.07, 6.45) is 5.32. The largest absolute Gasteiger partial charge is 0.460 e. The lowest BCUT2D eigenvalue weighted by Gasteiger charge is -2.28. The highest BCUT2D eigenvalue weighted by Crippen LogP contribution is 2.28. The van der Waals surface area contributed by atoms with Crippen LogP contribution in [0.5, 0.6) is 6.01 Å². The van der Waals surface area contributed by atoms with Crippen LogP contribution in [0.25, 0.3) is 22.0 Å². The van der Waals surface area contributed by atoms with E-state index in [2.05, 4.69) is 45.6 Å². The van der Waals surface area contributed by atoms with E-state index in [1.54, 1.807) is 6.20 Å². The summed E-state index contributed by atoms with van der Waals surface area (Å²) in [5, 5.41) is 5.28. The SMILES string of the molecule is CC(C)(C)OC(=O)NC[C@H]1CC[C@@H](Oc2nccc(-c3ccc4ccccc4c3)n2)CC1. The van der Waals surface area contributed by atoms with Gasteiger partial charge in [-0.05, 0) is 75.3 Å². The number of nitrogens with one attached hydrogen (secondary N) is 1. The Morgan fingerprint density at radius 2 is 1.78 bits per heavy atom. The topological polar surface area (TPSA) is 73.3 Å². The molecule has 0 saturated heterocycles. The summed E-state index contributed by atoms with van der Waals surface area (Å²) in [7, 11) is 0. The molecule has 1 N–H and O–H groups in total. The maximum atomic E-state index is 11.9. The lowest BCUT2D eigenvalue weighted by Crippen LogP contribution is -2.37. The van der Waals surface area contributed by atoms with E-state index in [9.17, 15) is 4.79 Å². The normalized spacial score (nSPS) is 18.8. The molecule has 1 aliphatic rings. The number of hydrogen-bond donors (Lipinski definition) is 1. The maximum Gasteiger partial charge on any atom is 0.407 e. The first-order chi connectivity index (χ1) is 15.4. The lowest BCUT2D eigenvalue weighted by molar-refractivity contribution is 0.0507. The summed E-state index contributed by atoms with van der Waals surface area (Å²) in [6, 6.07) is 17.0. The number of aromatic nitrogens is 2. The second-order valence-electron chi connectivity index (χ2n) is 9.43. The molecule has 1 aliphatic carbocycles. The Bertz CT molecular complexity index is 1070. The smallest absolute Gasteiger partial charge is 0.407 e. The van der Waals surface area contributed by atoms with E-state index < -0.39 is 5.60 Å². The summed E-state index contributed by atoms with van der Waals surface area (Å²) in [4.78, 5) is 20.8. The molecule has 6 nitrogen and oxygen atoms in total. The lowest BCUT2D eigenvalue weighted by atomic mass is 9.87. The Morgan fingerprint density at radius 3 is 2.53 bits per heavy atom. The zero-order chi connectivity index (χ0) is 22.6. The zero-order valence-electron chi connectivity index (χ0n) is 19.0. The van der Waals surface area contributed by atoms with Gasteiger partial charge in [0.1, 0.15) is 11.7 Å². The Morgan fingerprint density at radius 1 is 1.03 bits per heavy atom. The summed E-state index contributed by atoms with van der Waals surface area (Å²) < 4.78 is 11.4. The van der Waals surface area contributed by atoms with Crippen molar-refractivity contribution >= 4 is 16.9 Å². The Labute approximate surface area is 189 Å². The zero-order valence-corrected chi connectivity index (χ0v) is 19.0. The van der Waals surface area contributed by atoms with Crippen LogP contribution >= 0.6 is 0 Å². The molecule has 0 unspecified atom stereocenters. The highest BCUT2D eigenvalue weighted by Gasteiger charge is 2.24. The molecule has 0 atom stereocenters. The third kappa shape index (κ3) is 5.96. The van der Waals surface area contributed by atoms with Crippen molar-refractivity contribution in [2.75, 3.05) is 6.54 Å². The Balaban J connectivity index is 1.30. The van der Waals surface area contributed by atoms with Gasteiger partial charge in [-0.1, -0.05) is 36.4 Å². The number of fused-ring (bicyclic) bond motifs is 1. The molecule has 0 bridgehead atoms. The van der Waals surface area contributed by atoms with Crippen molar-refractivity contribution < 1.29 is 14.3 Å². The first-order valence-electron chi connectivity index (χ1n) is 11.3. The molecule has 1 saturated carbocycles. The molecule has 2 aromatic carbocycles. The molecule has 3 aromatic rings. The van der Waals surface area contributed by atoms with Gasteiger partial charge in [0.2, 0.25) is 0 Å². The van der Waals surface area contributed by atoms with Gasteiger partial charge in [0, 0.05) is 18.3 Å². The Hall–Kier alpha value is -3.15. The molecule has 4 rings (SSSR count). The van der Waals surface area contributed by atoms with Crippen LogP contribution in [0.1, 0.15) is 46.5 Å². The van der Waals surface area contributed by atoms with E-state index in [0.717, 1.165) is 36.9 Å². The fourth-order valence-corrected chi connectivity index (χ4v) is 4.05. The van der Waals surface area contributed by atoms with Crippen molar-refractivity contribution in [2.24, 2.45) is 5.92 Å². The molecule has 1 aromatic heterocycles. The van der Waals surface area contributed by atoms with E-state index in [4.69, 9.17) is 9.47 Å². The first kappa shape index (κ1) is 22.1. The number of nitrogens with zero attached hydrogens (tertiary/aromatic N) is 2. The number of amides is 1. The second-order valence-corrected chi connectivity index (χ2v) is 9.43. The van der Waals surface area contributed by atoms with Crippen LogP contribution in [0.2, 0.25) is 0 Å². The van der Waals surface area contributed by atoms with Gasteiger partial charge in [-0.3, -0.25) is 0 Å². The molecule has 6 heteroatoms. The summed E-state index contributed by atoms with van der Waals surface area (Å²) >= 11 is 0. The number of ether oxygens (including phenoxy) is 2. The number of hydrogen-bond acceptors (Lipinski definition) is 5. The van der Waals surface area contributed by atoms with Crippen LogP contribution in [0.3, 0.4) is 0 Å². The first-order valence-corrected chi connectivity index (χ1v) is 11.3. The summed E-state index contributed by atoms with van der Waals surface area (Å²) in [6.45, 7) is 6.24. The van der Waals surface area contributed by atoms with Crippen molar-refractivity contribution in [2.45, 2.75) is 58.2 Å². The fourth-order valence-electron chi connectivity index (χ4n) is 4.05. The molecule has 32 heavy (non-hydrogen) atoms. The van der Waals surface area contributed by atoms with Crippen LogP contribution in [-0.4, -0.2) is 34.3 Å². The quantitative estimate of drug-likeness (QED) is 0.554. The summed E-state index contributed by atoms with van der Waals surface area (Å²) in [5.74, 6) is 0.437. The van der Waals surface area contributed by atoms with Crippen molar-refractivity contribution in [3.05, 3.63) is 54.7 Å². The number of alkyl carbamates (subject to hydrolysis) is 1. The van der Waals surface area contributed by atoms with Crippen LogP contribution in [0.15, 0.2) is 54.7 Å². The van der Waals surface area contributed by atoms with Crippen molar-refractivity contribution in [1.82, 2.24) is 15.3 Å². The van der Waals surface area contributed by atoms with Gasteiger partial charge in [-0.2, -0.15) is 4.98 Å². The van der Waals surface area contributed by atoms with E-state index >= 15 is 0 Å². The molecule has 1 fully saturated rings. The van der Waals surface area contributed by atoms with Crippen LogP contribution in [0.4, 0.5) is 4.79 Å². The van der Waals surface area contributed by atoms with Gasteiger partial charge in [-0.25, -0.2) is 9.78 Å². The molecular formula is C26H31N3O3. The molecule has 0 radical (unpaired) electrons. The van der Waals surface area contributed by atoms with Gasteiger partial charge in [-0.15, -0.1) is 0 Å². The standard InChI is InChI=1S/C26H31N3O3/c1-26(2,3)32-25(30)28-17-18-8-12-22(13-9-18)31-24-27-15-14-23(29-24)21-11-10-19-6-4-5-7-20(19)16-21/h4-7,10-11,14-16,18,22H,8-9,12-13,17H2,1-3H3,(H,28,30)/t18-,22+. The Kier molecular flexibility index (Phi) is 6.58. The van der Waals surface area contributed by atoms with E-state index in [1.165, 1.54) is 10.8 Å². The second kappa shape index (κ2) is 9.55. The highest BCUT2D eigenvalue weighted by molar-refractivity contribution is 5.86. The number of rotatable bonds is 5. The van der Waals surface area contributed by atoms with Gasteiger partial charge >= 0.3 is 12.1 Å². The van der Waals surface area contributed by atoms with Gasteiger partial charge in [0.15, 0.2) is 0 Å². The number of carbonyl (C=O) groups is 1. The van der Waals surface area contributed by atoms with Crippen molar-refractivity contribution in [1.29, 1.82) is 0 Å². The molecule has 1 heterocycles. The minimum atomic E-state index is -0.475. The monoisotopic (exact) mass is 433 g/mol. The fraction of sp³-hybridized carbons (Fsp3) is 0.423. The molecule has 0 aliphatic heterocycles. The molecule has 168 valence electrons. The van der Waals surface area contributed by atoms with Crippen molar-refractivity contribution in [3.8, 4) is 17.3 Å². The van der Waals surface area contributed by atoms with Crippen molar-refractivity contribution in [3.63, 3.8) is 0 Å². The highest BCUT2D eigenvalue weighted by atomic mass is 16.6. The van der Waals surface area contributed by atoms with Crippen LogP contribution < -0.4 is 10.1 Å². The van der Waals surface area contributed by atoms with Gasteiger partial charge < -0.3 is 14.8 Å². The third-order valence-corrected chi connectivity index (χ3v) is 5.68. The predicted molar refractivity (Wildman–Crippen MR) is 126 cm³/mol. The van der Waals surface area contributed by atoms with Crippen LogP contribution in [0, 0.1) is 5.92 Å². The maximum absolute atomic E-state index is 11.9. The minimum Gasteiger partial charge on any atom is -0.460 e. The van der Waals surface area contributed by atoms with Gasteiger partial charge in [0.25, 0.3) is 0 Å². The number of carbonyl (C=O) groups excluding carboxylic acids is 1. The molecular weight excluding hydrogens is 402 g/mol. The minimum absolute atomic E-state index is 0.0969. The molecule has 0 spiro atoms.